The molecule has 5 nitrogen and oxygen atoms in total. The smallest absolute Gasteiger partial charge is 0.266 e. The molecule has 15 heavy (non-hydrogen) atoms. The van der Waals surface area contributed by atoms with Gasteiger partial charge in [-0.25, -0.2) is 5.10 Å². The predicted molar refractivity (Wildman–Crippen MR) is 57.9 cm³/mol. The third-order valence-electron chi connectivity index (χ3n) is 2.33. The van der Waals surface area contributed by atoms with E-state index < -0.39 is 0 Å². The summed E-state index contributed by atoms with van der Waals surface area (Å²) in [6.07, 6.45) is 1.69. The van der Waals surface area contributed by atoms with Crippen molar-refractivity contribution in [1.82, 2.24) is 20.0 Å². The normalized spacial score (nSPS) is 12.3. The van der Waals surface area contributed by atoms with Gasteiger partial charge in [0.15, 0.2) is 0 Å². The number of H-pyrrole nitrogens is 1. The number of nitrogens with zero attached hydrogens (tertiary/aromatic N) is 3. The first-order valence-electron chi connectivity index (χ1n) is 4.85. The van der Waals surface area contributed by atoms with Crippen LogP contribution < -0.4 is 5.56 Å². The number of aromatic nitrogens is 4. The minimum Gasteiger partial charge on any atom is -0.266 e. The van der Waals surface area contributed by atoms with Gasteiger partial charge in [-0.1, -0.05) is 0 Å². The van der Waals surface area contributed by atoms with E-state index in [-0.39, 0.29) is 11.1 Å². The summed E-state index contributed by atoms with van der Waals surface area (Å²) in [5, 5.41) is 11.4. The monoisotopic (exact) mass is 206 g/mol. The van der Waals surface area contributed by atoms with Gasteiger partial charge in [0.05, 0.1) is 17.4 Å². The first-order chi connectivity index (χ1) is 6.91. The number of aryl methyl sites for hydroxylation is 1. The van der Waals surface area contributed by atoms with Gasteiger partial charge in [-0.2, -0.15) is 10.2 Å². The first-order valence-corrected chi connectivity index (χ1v) is 4.85. The van der Waals surface area contributed by atoms with Crippen LogP contribution in [0.5, 0.6) is 0 Å². The number of aromatic amines is 1. The van der Waals surface area contributed by atoms with Gasteiger partial charge in [0, 0.05) is 5.39 Å². The molecule has 0 spiro atoms. The largest absolute Gasteiger partial charge is 0.290 e. The lowest BCUT2D eigenvalue weighted by molar-refractivity contribution is 0.367. The topological polar surface area (TPSA) is 63.6 Å². The molecule has 0 amide bonds. The zero-order valence-corrected chi connectivity index (χ0v) is 9.33. The van der Waals surface area contributed by atoms with E-state index in [9.17, 15) is 4.79 Å². The van der Waals surface area contributed by atoms with Crippen molar-refractivity contribution in [2.75, 3.05) is 0 Å². The van der Waals surface area contributed by atoms with Crippen LogP contribution in [-0.2, 0) is 5.54 Å². The van der Waals surface area contributed by atoms with Gasteiger partial charge in [-0.15, -0.1) is 0 Å². The molecule has 0 fully saturated rings. The van der Waals surface area contributed by atoms with Gasteiger partial charge in [-0.3, -0.25) is 9.48 Å². The van der Waals surface area contributed by atoms with Crippen molar-refractivity contribution in [3.63, 3.8) is 0 Å². The molecule has 2 aromatic heterocycles. The summed E-state index contributed by atoms with van der Waals surface area (Å²) in [7, 11) is 0. The van der Waals surface area contributed by atoms with E-state index in [1.54, 1.807) is 10.9 Å². The summed E-state index contributed by atoms with van der Waals surface area (Å²) in [4.78, 5) is 11.7. The number of nitrogens with one attached hydrogen (secondary N) is 1. The highest BCUT2D eigenvalue weighted by atomic mass is 16.1. The molecule has 2 rings (SSSR count). The molecule has 0 bridgehead atoms. The first kappa shape index (κ1) is 9.89. The van der Waals surface area contributed by atoms with Crippen LogP contribution in [-0.4, -0.2) is 20.0 Å². The fourth-order valence-corrected chi connectivity index (χ4v) is 1.59. The SMILES string of the molecule is Cc1n[nH]c(=O)c2c1cnn2C(C)(C)C. The molecule has 0 aliphatic carbocycles. The number of hydrogen-bond donors (Lipinski definition) is 1. The van der Waals surface area contributed by atoms with E-state index in [0.717, 1.165) is 11.1 Å². The Hall–Kier alpha value is -1.65. The number of hydrogen-bond acceptors (Lipinski definition) is 3. The lowest BCUT2D eigenvalue weighted by Crippen LogP contribution is -2.26. The van der Waals surface area contributed by atoms with E-state index >= 15 is 0 Å². The highest BCUT2D eigenvalue weighted by molar-refractivity contribution is 5.79. The second kappa shape index (κ2) is 2.92. The maximum Gasteiger partial charge on any atom is 0.290 e. The van der Waals surface area contributed by atoms with Crippen molar-refractivity contribution >= 4 is 10.9 Å². The Morgan fingerprint density at radius 1 is 1.40 bits per heavy atom. The summed E-state index contributed by atoms with van der Waals surface area (Å²) in [6.45, 7) is 7.88. The molecule has 0 aromatic carbocycles. The number of fused-ring (bicyclic) bond motifs is 1. The Morgan fingerprint density at radius 2 is 2.07 bits per heavy atom. The second-order valence-corrected chi connectivity index (χ2v) is 4.63. The predicted octanol–water partition coefficient (Wildman–Crippen LogP) is 1.18. The molecule has 0 unspecified atom stereocenters. The van der Waals surface area contributed by atoms with Crippen LogP contribution in [0.15, 0.2) is 11.0 Å². The zero-order chi connectivity index (χ0) is 11.2. The number of rotatable bonds is 0. The standard InChI is InChI=1S/C10H14N4O/c1-6-7-5-11-14(10(2,3)4)8(7)9(15)13-12-6/h5H,1-4H3,(H,13,15). The average Bonchev–Trinajstić information content (AvgIpc) is 2.55. The second-order valence-electron chi connectivity index (χ2n) is 4.63. The van der Waals surface area contributed by atoms with E-state index in [1.807, 2.05) is 27.7 Å². The average molecular weight is 206 g/mol. The molecule has 0 aliphatic heterocycles. The van der Waals surface area contributed by atoms with E-state index in [4.69, 9.17) is 0 Å². The van der Waals surface area contributed by atoms with E-state index in [0.29, 0.717) is 5.52 Å². The van der Waals surface area contributed by atoms with Crippen LogP contribution in [0.3, 0.4) is 0 Å². The van der Waals surface area contributed by atoms with Gasteiger partial charge >= 0.3 is 0 Å². The van der Waals surface area contributed by atoms with Gasteiger partial charge < -0.3 is 0 Å². The minimum atomic E-state index is -0.206. The Morgan fingerprint density at radius 3 is 2.67 bits per heavy atom. The lowest BCUT2D eigenvalue weighted by atomic mass is 10.1. The molecular weight excluding hydrogens is 192 g/mol. The molecule has 0 aliphatic rings. The molecule has 0 radical (unpaired) electrons. The molecule has 1 N–H and O–H groups in total. The van der Waals surface area contributed by atoms with Crippen molar-refractivity contribution in [3.8, 4) is 0 Å². The molecule has 5 heteroatoms. The van der Waals surface area contributed by atoms with Crippen LogP contribution in [0.2, 0.25) is 0 Å². The Bertz CT molecular complexity index is 559. The van der Waals surface area contributed by atoms with Crippen LogP contribution in [0.4, 0.5) is 0 Å². The third kappa shape index (κ3) is 1.44. The van der Waals surface area contributed by atoms with Crippen molar-refractivity contribution in [1.29, 1.82) is 0 Å². The Kier molecular flexibility index (Phi) is 1.92. The molecule has 2 heterocycles. The summed E-state index contributed by atoms with van der Waals surface area (Å²) in [6, 6.07) is 0. The van der Waals surface area contributed by atoms with Crippen molar-refractivity contribution < 1.29 is 0 Å². The lowest BCUT2D eigenvalue weighted by Gasteiger charge is -2.19. The maximum absolute atomic E-state index is 11.7. The van der Waals surface area contributed by atoms with Crippen molar-refractivity contribution in [3.05, 3.63) is 22.2 Å². The van der Waals surface area contributed by atoms with Crippen LogP contribution >= 0.6 is 0 Å². The summed E-state index contributed by atoms with van der Waals surface area (Å²) < 4.78 is 1.73. The quantitative estimate of drug-likeness (QED) is 0.704. The highest BCUT2D eigenvalue weighted by Gasteiger charge is 2.19. The van der Waals surface area contributed by atoms with Crippen LogP contribution in [0.1, 0.15) is 26.5 Å². The Balaban J connectivity index is 2.92. The molecule has 2 aromatic rings. The summed E-state index contributed by atoms with van der Waals surface area (Å²) in [5.74, 6) is 0. The minimum absolute atomic E-state index is 0.192. The molecular formula is C10H14N4O. The van der Waals surface area contributed by atoms with Gasteiger partial charge in [0.1, 0.15) is 5.52 Å². The molecule has 0 saturated heterocycles. The van der Waals surface area contributed by atoms with Gasteiger partial charge in [0.25, 0.3) is 5.56 Å². The molecule has 0 saturated carbocycles. The van der Waals surface area contributed by atoms with Gasteiger partial charge in [-0.05, 0) is 27.7 Å². The van der Waals surface area contributed by atoms with Crippen molar-refractivity contribution in [2.24, 2.45) is 0 Å². The highest BCUT2D eigenvalue weighted by Crippen LogP contribution is 2.19. The maximum atomic E-state index is 11.7. The fraction of sp³-hybridized carbons (Fsp3) is 0.500. The van der Waals surface area contributed by atoms with Crippen molar-refractivity contribution in [2.45, 2.75) is 33.2 Å². The van der Waals surface area contributed by atoms with Crippen LogP contribution in [0.25, 0.3) is 10.9 Å². The Labute approximate surface area is 87.1 Å². The molecule has 0 atom stereocenters. The van der Waals surface area contributed by atoms with Gasteiger partial charge in [0.2, 0.25) is 0 Å². The molecule has 80 valence electrons. The van der Waals surface area contributed by atoms with E-state index in [1.165, 1.54) is 0 Å². The summed E-state index contributed by atoms with van der Waals surface area (Å²) >= 11 is 0. The van der Waals surface area contributed by atoms with Crippen LogP contribution in [0, 0.1) is 6.92 Å². The fourth-order valence-electron chi connectivity index (χ4n) is 1.59. The summed E-state index contributed by atoms with van der Waals surface area (Å²) in [5.41, 5.74) is 0.987. The van der Waals surface area contributed by atoms with E-state index in [2.05, 4.69) is 15.3 Å². The zero-order valence-electron chi connectivity index (χ0n) is 9.33. The third-order valence-corrected chi connectivity index (χ3v) is 2.33.